The highest BCUT2D eigenvalue weighted by Crippen LogP contribution is 2.26. The molecule has 0 spiro atoms. The van der Waals surface area contributed by atoms with Crippen molar-refractivity contribution >= 4 is 11.8 Å². The third-order valence-corrected chi connectivity index (χ3v) is 2.27. The van der Waals surface area contributed by atoms with E-state index in [1.54, 1.807) is 11.8 Å². The third-order valence-electron chi connectivity index (χ3n) is 1.55. The minimum Gasteiger partial charge on any atom is -0.0990 e. The number of thioether (sulfide) groups is 1. The minimum absolute atomic E-state index is 1.09. The first kappa shape index (κ1) is 11.6. The van der Waals surface area contributed by atoms with Gasteiger partial charge in [-0.15, -0.1) is 0 Å². The summed E-state index contributed by atoms with van der Waals surface area (Å²) in [6, 6.07) is 0. The van der Waals surface area contributed by atoms with Gasteiger partial charge in [0.2, 0.25) is 0 Å². The van der Waals surface area contributed by atoms with Gasteiger partial charge in [-0.3, -0.25) is 0 Å². The third kappa shape index (κ3) is 4.45. The van der Waals surface area contributed by atoms with E-state index in [0.29, 0.717) is 0 Å². The molecule has 0 heterocycles. The summed E-state index contributed by atoms with van der Waals surface area (Å²) in [6.45, 7) is 12.0. The van der Waals surface area contributed by atoms with Crippen LogP contribution in [0.25, 0.3) is 0 Å². The van der Waals surface area contributed by atoms with E-state index in [1.807, 2.05) is 5.41 Å². The predicted molar refractivity (Wildman–Crippen MR) is 60.2 cm³/mol. The van der Waals surface area contributed by atoms with Gasteiger partial charge in [0.05, 0.1) is 0 Å². The van der Waals surface area contributed by atoms with Gasteiger partial charge in [0, 0.05) is 4.91 Å². The Bertz CT molecular complexity index is 177. The molecule has 0 fully saturated rings. The second-order valence-corrected chi connectivity index (χ2v) is 3.66. The number of rotatable bonds is 6. The normalized spacial score (nSPS) is 11.3. The SMILES string of the molecule is C=CSC(=C)/C(=C/CC)CCC. The van der Waals surface area contributed by atoms with Crippen LogP contribution in [-0.4, -0.2) is 0 Å². The Morgan fingerprint density at radius 1 is 1.42 bits per heavy atom. The molecule has 0 atom stereocenters. The van der Waals surface area contributed by atoms with Crippen molar-refractivity contribution < 1.29 is 0 Å². The number of hydrogen-bond acceptors (Lipinski definition) is 1. The van der Waals surface area contributed by atoms with Crippen LogP contribution in [0.4, 0.5) is 0 Å². The Balaban J connectivity index is 4.18. The summed E-state index contributed by atoms with van der Waals surface area (Å²) in [5.41, 5.74) is 1.38. The molecule has 0 aliphatic rings. The fraction of sp³-hybridized carbons (Fsp3) is 0.455. The standard InChI is InChI=1S/C11H18S/c1-5-8-11(9-6-2)10(4)12-7-3/h7-8H,3-6,9H2,1-2H3/b11-8+. The molecule has 0 aromatic carbocycles. The van der Waals surface area contributed by atoms with Crippen LogP contribution < -0.4 is 0 Å². The fourth-order valence-corrected chi connectivity index (χ4v) is 1.59. The topological polar surface area (TPSA) is 0 Å². The summed E-state index contributed by atoms with van der Waals surface area (Å²) in [4.78, 5) is 1.15. The quantitative estimate of drug-likeness (QED) is 0.544. The zero-order valence-electron chi connectivity index (χ0n) is 8.10. The van der Waals surface area contributed by atoms with Crippen LogP contribution in [0.3, 0.4) is 0 Å². The zero-order chi connectivity index (χ0) is 9.40. The Kier molecular flexibility index (Phi) is 6.97. The second kappa shape index (κ2) is 7.23. The molecule has 0 aromatic heterocycles. The van der Waals surface area contributed by atoms with E-state index in [2.05, 4.69) is 33.1 Å². The molecule has 0 amide bonds. The van der Waals surface area contributed by atoms with Crippen LogP contribution in [0.5, 0.6) is 0 Å². The van der Waals surface area contributed by atoms with Crippen molar-refractivity contribution in [3.63, 3.8) is 0 Å². The van der Waals surface area contributed by atoms with E-state index in [4.69, 9.17) is 0 Å². The van der Waals surface area contributed by atoms with Crippen LogP contribution in [0.2, 0.25) is 0 Å². The van der Waals surface area contributed by atoms with E-state index in [1.165, 1.54) is 12.0 Å². The predicted octanol–water partition coefficient (Wildman–Crippen LogP) is 4.51. The van der Waals surface area contributed by atoms with Crippen molar-refractivity contribution in [3.8, 4) is 0 Å². The van der Waals surface area contributed by atoms with Crippen molar-refractivity contribution in [2.45, 2.75) is 33.1 Å². The smallest absolute Gasteiger partial charge is 0.00726 e. The van der Waals surface area contributed by atoms with Gasteiger partial charge in [0.15, 0.2) is 0 Å². The average molecular weight is 182 g/mol. The summed E-state index contributed by atoms with van der Waals surface area (Å²) in [6.07, 6.45) is 5.66. The lowest BCUT2D eigenvalue weighted by Crippen LogP contribution is -1.83. The molecule has 0 aliphatic heterocycles. The van der Waals surface area contributed by atoms with Crippen molar-refractivity contribution in [2.24, 2.45) is 0 Å². The summed E-state index contributed by atoms with van der Waals surface area (Å²) in [7, 11) is 0. The zero-order valence-corrected chi connectivity index (χ0v) is 8.91. The average Bonchev–Trinajstić information content (AvgIpc) is 2.04. The first-order valence-corrected chi connectivity index (χ1v) is 5.30. The molecule has 0 saturated heterocycles. The lowest BCUT2D eigenvalue weighted by atomic mass is 10.1. The van der Waals surface area contributed by atoms with Gasteiger partial charge in [0.1, 0.15) is 0 Å². The molecule has 0 aliphatic carbocycles. The highest BCUT2D eigenvalue weighted by atomic mass is 32.2. The van der Waals surface area contributed by atoms with Crippen LogP contribution in [-0.2, 0) is 0 Å². The number of hydrogen-bond donors (Lipinski definition) is 0. The Hall–Kier alpha value is -0.430. The molecule has 0 bridgehead atoms. The summed E-state index contributed by atoms with van der Waals surface area (Å²) < 4.78 is 0. The lowest BCUT2D eigenvalue weighted by Gasteiger charge is -2.06. The molecule has 12 heavy (non-hydrogen) atoms. The van der Waals surface area contributed by atoms with Crippen LogP contribution >= 0.6 is 11.8 Å². The molecular formula is C11H18S. The summed E-state index contributed by atoms with van der Waals surface area (Å²) >= 11 is 1.62. The Morgan fingerprint density at radius 3 is 2.50 bits per heavy atom. The van der Waals surface area contributed by atoms with E-state index < -0.39 is 0 Å². The fourth-order valence-electron chi connectivity index (χ4n) is 1.05. The highest BCUT2D eigenvalue weighted by molar-refractivity contribution is 8.06. The van der Waals surface area contributed by atoms with Crippen molar-refractivity contribution in [1.29, 1.82) is 0 Å². The maximum Gasteiger partial charge on any atom is 0.00726 e. The van der Waals surface area contributed by atoms with E-state index >= 15 is 0 Å². The van der Waals surface area contributed by atoms with Crippen LogP contribution in [0.15, 0.2) is 35.1 Å². The lowest BCUT2D eigenvalue weighted by molar-refractivity contribution is 0.915. The van der Waals surface area contributed by atoms with Crippen molar-refractivity contribution in [1.82, 2.24) is 0 Å². The highest BCUT2D eigenvalue weighted by Gasteiger charge is 1.99. The first-order chi connectivity index (χ1) is 5.76. The Morgan fingerprint density at radius 2 is 2.08 bits per heavy atom. The maximum atomic E-state index is 4.01. The van der Waals surface area contributed by atoms with Gasteiger partial charge >= 0.3 is 0 Å². The summed E-state index contributed by atoms with van der Waals surface area (Å²) in [5.74, 6) is 0. The molecule has 0 N–H and O–H groups in total. The van der Waals surface area contributed by atoms with Crippen LogP contribution in [0.1, 0.15) is 33.1 Å². The summed E-state index contributed by atoms with van der Waals surface area (Å²) in [5, 5.41) is 1.83. The molecule has 68 valence electrons. The molecule has 0 rings (SSSR count). The molecule has 0 aromatic rings. The van der Waals surface area contributed by atoms with E-state index in [0.717, 1.165) is 17.7 Å². The molecule has 0 saturated carbocycles. The number of allylic oxidation sites excluding steroid dienone is 2. The first-order valence-electron chi connectivity index (χ1n) is 4.42. The van der Waals surface area contributed by atoms with Crippen LogP contribution in [0, 0.1) is 0 Å². The maximum absolute atomic E-state index is 4.01. The van der Waals surface area contributed by atoms with Gasteiger partial charge < -0.3 is 0 Å². The molecule has 0 radical (unpaired) electrons. The van der Waals surface area contributed by atoms with Gasteiger partial charge in [-0.1, -0.05) is 51.3 Å². The largest absolute Gasteiger partial charge is 0.0990 e. The molecular weight excluding hydrogens is 164 g/mol. The monoisotopic (exact) mass is 182 g/mol. The van der Waals surface area contributed by atoms with Gasteiger partial charge in [0.25, 0.3) is 0 Å². The molecule has 0 nitrogen and oxygen atoms in total. The molecule has 0 unspecified atom stereocenters. The molecule has 1 heteroatoms. The van der Waals surface area contributed by atoms with E-state index in [-0.39, 0.29) is 0 Å². The Labute approximate surface area is 80.4 Å². The van der Waals surface area contributed by atoms with E-state index in [9.17, 15) is 0 Å². The van der Waals surface area contributed by atoms with Crippen molar-refractivity contribution in [3.05, 3.63) is 35.1 Å². The van der Waals surface area contributed by atoms with Gasteiger partial charge in [-0.2, -0.15) is 0 Å². The van der Waals surface area contributed by atoms with Crippen molar-refractivity contribution in [2.75, 3.05) is 0 Å². The second-order valence-electron chi connectivity index (χ2n) is 2.60. The van der Waals surface area contributed by atoms with Gasteiger partial charge in [-0.25, -0.2) is 0 Å². The minimum atomic E-state index is 1.09. The van der Waals surface area contributed by atoms with Gasteiger partial charge in [-0.05, 0) is 23.8 Å².